The van der Waals surface area contributed by atoms with Crippen molar-refractivity contribution in [2.75, 3.05) is 11.9 Å². The molecule has 0 fully saturated rings. The van der Waals surface area contributed by atoms with Crippen molar-refractivity contribution in [1.82, 2.24) is 9.38 Å². The summed E-state index contributed by atoms with van der Waals surface area (Å²) in [5.41, 5.74) is 0. The van der Waals surface area contributed by atoms with Crippen LogP contribution >= 0.6 is 11.3 Å². The van der Waals surface area contributed by atoms with Crippen LogP contribution in [0.5, 0.6) is 0 Å². The van der Waals surface area contributed by atoms with Crippen LogP contribution in [0.25, 0.3) is 4.96 Å². The molecule has 0 aromatic carbocycles. The normalized spacial score (nSPS) is 11.3. The Morgan fingerprint density at radius 1 is 1.61 bits per heavy atom. The number of fused-ring (bicyclic) bond motifs is 1. The molecule has 98 valence electrons. The van der Waals surface area contributed by atoms with Gasteiger partial charge in [0.15, 0.2) is 0 Å². The Morgan fingerprint density at radius 3 is 3.06 bits per heavy atom. The summed E-state index contributed by atoms with van der Waals surface area (Å²) in [6.45, 7) is 5.04. The summed E-state index contributed by atoms with van der Waals surface area (Å²) in [6.07, 6.45) is 3.76. The molecule has 0 aliphatic carbocycles. The van der Waals surface area contributed by atoms with Crippen LogP contribution in [0.4, 0.5) is 11.6 Å². The number of imidazole rings is 1. The highest BCUT2D eigenvalue weighted by Crippen LogP contribution is 2.27. The van der Waals surface area contributed by atoms with Gasteiger partial charge in [-0.05, 0) is 23.7 Å². The van der Waals surface area contributed by atoms with Gasteiger partial charge >= 0.3 is 5.82 Å². The van der Waals surface area contributed by atoms with Gasteiger partial charge in [-0.1, -0.05) is 25.2 Å². The van der Waals surface area contributed by atoms with E-state index in [1.807, 2.05) is 0 Å². The second-order valence-corrected chi connectivity index (χ2v) is 5.43. The van der Waals surface area contributed by atoms with Crippen LogP contribution in [-0.4, -0.2) is 20.9 Å². The Kier molecular flexibility index (Phi) is 3.81. The topological polar surface area (TPSA) is 72.5 Å². The molecule has 0 bridgehead atoms. The Hall–Kier alpha value is -1.63. The Morgan fingerprint density at radius 2 is 2.39 bits per heavy atom. The molecular formula is C11H16N4O2S. The molecule has 1 N–H and O–H groups in total. The lowest BCUT2D eigenvalue weighted by atomic mass is 10.1. The second-order valence-electron chi connectivity index (χ2n) is 4.56. The molecule has 0 spiro atoms. The number of nitro groups is 1. The SMILES string of the molecule is CC(C)CCCNc1nc2sccn2c1[N+](=O)[O-]. The number of nitrogens with one attached hydrogen (secondary N) is 1. The van der Waals surface area contributed by atoms with Gasteiger partial charge in [-0.15, -0.1) is 0 Å². The molecule has 0 radical (unpaired) electrons. The van der Waals surface area contributed by atoms with Crippen LogP contribution in [-0.2, 0) is 0 Å². The average Bonchev–Trinajstić information content (AvgIpc) is 2.82. The molecule has 0 aliphatic rings. The van der Waals surface area contributed by atoms with Crippen molar-refractivity contribution >= 4 is 27.9 Å². The molecule has 0 aliphatic heterocycles. The van der Waals surface area contributed by atoms with E-state index in [4.69, 9.17) is 0 Å². The molecule has 18 heavy (non-hydrogen) atoms. The van der Waals surface area contributed by atoms with Gasteiger partial charge in [0.25, 0.3) is 4.96 Å². The van der Waals surface area contributed by atoms with Crippen LogP contribution in [0, 0.1) is 16.0 Å². The van der Waals surface area contributed by atoms with E-state index in [0.717, 1.165) is 12.8 Å². The molecular weight excluding hydrogens is 252 g/mol. The highest BCUT2D eigenvalue weighted by Gasteiger charge is 2.22. The lowest BCUT2D eigenvalue weighted by Crippen LogP contribution is -2.05. The fraction of sp³-hybridized carbons (Fsp3) is 0.545. The first-order valence-corrected chi connectivity index (χ1v) is 6.81. The molecule has 7 heteroatoms. The molecule has 0 unspecified atom stereocenters. The summed E-state index contributed by atoms with van der Waals surface area (Å²) in [6, 6.07) is 0. The maximum absolute atomic E-state index is 11.0. The quantitative estimate of drug-likeness (QED) is 0.496. The van der Waals surface area contributed by atoms with Crippen LogP contribution in [0.2, 0.25) is 0 Å². The molecule has 0 saturated heterocycles. The van der Waals surface area contributed by atoms with Gasteiger partial charge in [-0.25, -0.2) is 0 Å². The van der Waals surface area contributed by atoms with E-state index >= 15 is 0 Å². The predicted octanol–water partition coefficient (Wildman–Crippen LogP) is 3.15. The number of anilines is 1. The average molecular weight is 268 g/mol. The molecule has 2 aromatic rings. The van der Waals surface area contributed by atoms with E-state index in [1.165, 1.54) is 15.7 Å². The van der Waals surface area contributed by atoms with E-state index in [2.05, 4.69) is 24.1 Å². The van der Waals surface area contributed by atoms with Gasteiger partial charge in [-0.3, -0.25) is 0 Å². The van der Waals surface area contributed by atoms with Gasteiger partial charge in [-0.2, -0.15) is 9.38 Å². The number of nitrogens with zero attached hydrogens (tertiary/aromatic N) is 3. The Balaban J connectivity index is 2.10. The largest absolute Gasteiger partial charge is 0.372 e. The number of thiazole rings is 1. The molecule has 0 amide bonds. The van der Waals surface area contributed by atoms with Crippen LogP contribution in [0.3, 0.4) is 0 Å². The highest BCUT2D eigenvalue weighted by molar-refractivity contribution is 7.15. The number of hydrogen-bond donors (Lipinski definition) is 1. The van der Waals surface area contributed by atoms with E-state index in [-0.39, 0.29) is 5.82 Å². The Bertz CT molecular complexity index is 546. The minimum absolute atomic E-state index is 0.0239. The predicted molar refractivity (Wildman–Crippen MR) is 72.3 cm³/mol. The van der Waals surface area contributed by atoms with Gasteiger partial charge in [0.1, 0.15) is 6.20 Å². The summed E-state index contributed by atoms with van der Waals surface area (Å²) in [5.74, 6) is 1.04. The monoisotopic (exact) mass is 268 g/mol. The first-order valence-electron chi connectivity index (χ1n) is 5.93. The third-order valence-corrected chi connectivity index (χ3v) is 3.42. The van der Waals surface area contributed by atoms with Crippen molar-refractivity contribution < 1.29 is 4.92 Å². The lowest BCUT2D eigenvalue weighted by Gasteiger charge is -2.05. The molecule has 0 atom stereocenters. The zero-order valence-corrected chi connectivity index (χ0v) is 11.2. The van der Waals surface area contributed by atoms with Gasteiger partial charge in [0.2, 0.25) is 5.82 Å². The lowest BCUT2D eigenvalue weighted by molar-refractivity contribution is -0.389. The third-order valence-electron chi connectivity index (χ3n) is 2.66. The van der Waals surface area contributed by atoms with E-state index < -0.39 is 4.92 Å². The first kappa shape index (κ1) is 12.8. The summed E-state index contributed by atoms with van der Waals surface area (Å²) < 4.78 is 1.51. The van der Waals surface area contributed by atoms with E-state index in [0.29, 0.717) is 23.2 Å². The van der Waals surface area contributed by atoms with Crippen molar-refractivity contribution in [3.63, 3.8) is 0 Å². The van der Waals surface area contributed by atoms with E-state index in [1.54, 1.807) is 11.6 Å². The smallest absolute Gasteiger partial charge is 0.363 e. The van der Waals surface area contributed by atoms with Crippen LogP contribution < -0.4 is 5.32 Å². The number of rotatable bonds is 6. The molecule has 2 aromatic heterocycles. The Labute approximate surface area is 109 Å². The summed E-state index contributed by atoms with van der Waals surface area (Å²) in [5, 5.41) is 15.9. The molecule has 2 heterocycles. The van der Waals surface area contributed by atoms with Crippen molar-refractivity contribution in [2.45, 2.75) is 26.7 Å². The zero-order valence-electron chi connectivity index (χ0n) is 10.4. The summed E-state index contributed by atoms with van der Waals surface area (Å²) in [7, 11) is 0. The zero-order chi connectivity index (χ0) is 13.1. The molecule has 0 saturated carbocycles. The van der Waals surface area contributed by atoms with Crippen molar-refractivity contribution in [1.29, 1.82) is 0 Å². The van der Waals surface area contributed by atoms with E-state index in [9.17, 15) is 10.1 Å². The summed E-state index contributed by atoms with van der Waals surface area (Å²) >= 11 is 1.39. The second kappa shape index (κ2) is 5.34. The number of hydrogen-bond acceptors (Lipinski definition) is 5. The van der Waals surface area contributed by atoms with Crippen LogP contribution in [0.1, 0.15) is 26.7 Å². The van der Waals surface area contributed by atoms with Crippen LogP contribution in [0.15, 0.2) is 11.6 Å². The van der Waals surface area contributed by atoms with Gasteiger partial charge in [0, 0.05) is 11.9 Å². The van der Waals surface area contributed by atoms with Crippen molar-refractivity contribution in [2.24, 2.45) is 5.92 Å². The number of aromatic nitrogens is 2. The minimum Gasteiger partial charge on any atom is -0.363 e. The first-order chi connectivity index (χ1) is 8.59. The standard InChI is InChI=1S/C11H16N4O2S/c1-8(2)4-3-5-12-9-10(15(16)17)14-6-7-18-11(14)13-9/h6-8,12H,3-5H2,1-2H3. The fourth-order valence-corrected chi connectivity index (χ4v) is 2.49. The summed E-state index contributed by atoms with van der Waals surface area (Å²) in [4.78, 5) is 15.5. The molecule has 6 nitrogen and oxygen atoms in total. The fourth-order valence-electron chi connectivity index (χ4n) is 1.78. The minimum atomic E-state index is -0.391. The maximum Gasteiger partial charge on any atom is 0.372 e. The van der Waals surface area contributed by atoms with Gasteiger partial charge in [0.05, 0.1) is 0 Å². The van der Waals surface area contributed by atoms with Crippen molar-refractivity contribution in [3.8, 4) is 0 Å². The molecule has 2 rings (SSSR count). The highest BCUT2D eigenvalue weighted by atomic mass is 32.1. The third kappa shape index (κ3) is 2.61. The van der Waals surface area contributed by atoms with Crippen molar-refractivity contribution in [3.05, 3.63) is 21.7 Å². The van der Waals surface area contributed by atoms with Gasteiger partial charge < -0.3 is 15.4 Å². The maximum atomic E-state index is 11.0.